The first-order valence-corrected chi connectivity index (χ1v) is 7.05. The first-order valence-electron chi connectivity index (χ1n) is 6.42. The van der Waals surface area contributed by atoms with Crippen molar-refractivity contribution in [2.45, 2.75) is 39.0 Å². The lowest BCUT2D eigenvalue weighted by Crippen LogP contribution is -2.32. The molecule has 0 aliphatic rings. The van der Waals surface area contributed by atoms with E-state index in [0.29, 0.717) is 11.8 Å². The van der Waals surface area contributed by atoms with Crippen LogP contribution < -0.4 is 10.1 Å². The summed E-state index contributed by atoms with van der Waals surface area (Å²) in [5.41, 5.74) is 2.63. The van der Waals surface area contributed by atoms with Crippen molar-refractivity contribution >= 4 is 12.6 Å². The molecule has 18 heavy (non-hydrogen) atoms. The fourth-order valence-electron chi connectivity index (χ4n) is 2.08. The number of rotatable bonds is 6. The Bertz CT molecular complexity index is 388. The molecule has 1 aromatic rings. The third-order valence-corrected chi connectivity index (χ3v) is 3.52. The van der Waals surface area contributed by atoms with Crippen LogP contribution in [0.15, 0.2) is 18.2 Å². The van der Waals surface area contributed by atoms with Gasteiger partial charge < -0.3 is 10.1 Å². The third-order valence-electron chi connectivity index (χ3n) is 3.30. The molecule has 102 valence electrons. The molecule has 2 nitrogen and oxygen atoms in total. The maximum absolute atomic E-state index is 5.50. The van der Waals surface area contributed by atoms with Crippen LogP contribution in [0.5, 0.6) is 5.75 Å². The van der Waals surface area contributed by atoms with Crippen LogP contribution in [0, 0.1) is 0 Å². The Hall–Kier alpha value is -0.670. The lowest BCUT2D eigenvalue weighted by Gasteiger charge is -2.28. The maximum atomic E-state index is 5.50. The van der Waals surface area contributed by atoms with Gasteiger partial charge in [0, 0.05) is 23.4 Å². The normalized spacial score (nSPS) is 11.9. The van der Waals surface area contributed by atoms with E-state index < -0.39 is 0 Å². The summed E-state index contributed by atoms with van der Waals surface area (Å²) in [6, 6.07) is 6.49. The van der Waals surface area contributed by atoms with E-state index in [1.165, 1.54) is 11.1 Å². The van der Waals surface area contributed by atoms with E-state index in [2.05, 4.69) is 63.8 Å². The molecule has 0 saturated heterocycles. The van der Waals surface area contributed by atoms with Crippen LogP contribution in [-0.4, -0.2) is 19.5 Å². The minimum Gasteiger partial charge on any atom is -0.496 e. The minimum absolute atomic E-state index is 0.0268. The molecule has 0 amide bonds. The van der Waals surface area contributed by atoms with Crippen molar-refractivity contribution < 1.29 is 4.74 Å². The molecule has 0 aromatic heterocycles. The molecule has 0 aliphatic carbocycles. The summed E-state index contributed by atoms with van der Waals surface area (Å²) in [7, 11) is 1.73. The number of methoxy groups -OCH3 is 1. The zero-order valence-electron chi connectivity index (χ0n) is 12.1. The lowest BCUT2D eigenvalue weighted by atomic mass is 9.82. The third kappa shape index (κ3) is 3.66. The van der Waals surface area contributed by atoms with Crippen LogP contribution in [0.2, 0.25) is 0 Å². The van der Waals surface area contributed by atoms with Gasteiger partial charge in [0.1, 0.15) is 5.75 Å². The van der Waals surface area contributed by atoms with Gasteiger partial charge in [-0.05, 0) is 17.5 Å². The van der Waals surface area contributed by atoms with Crippen LogP contribution in [0.4, 0.5) is 0 Å². The molecular formula is C15H25NOS. The predicted molar refractivity (Wildman–Crippen MR) is 82.0 cm³/mol. The summed E-state index contributed by atoms with van der Waals surface area (Å²) in [5, 5.41) is 3.30. The van der Waals surface area contributed by atoms with Crippen LogP contribution in [-0.2, 0) is 5.41 Å². The van der Waals surface area contributed by atoms with Gasteiger partial charge in [-0.15, -0.1) is 0 Å². The molecule has 1 rings (SSSR count). The standard InChI is InChI=1S/C15H25NOS/c1-11(2)12-6-7-14(17-5)13(8-12)15(3,4)9-16-10-18/h6-8,11,16,18H,9-10H2,1-5H3. The van der Waals surface area contributed by atoms with Crippen LogP contribution in [0.3, 0.4) is 0 Å². The van der Waals surface area contributed by atoms with Crippen molar-refractivity contribution in [3.8, 4) is 5.75 Å². The van der Waals surface area contributed by atoms with Gasteiger partial charge >= 0.3 is 0 Å². The van der Waals surface area contributed by atoms with Gasteiger partial charge in [-0.25, -0.2) is 0 Å². The van der Waals surface area contributed by atoms with Gasteiger partial charge in [0.25, 0.3) is 0 Å². The van der Waals surface area contributed by atoms with Gasteiger partial charge in [-0.1, -0.05) is 39.8 Å². The zero-order valence-corrected chi connectivity index (χ0v) is 13.0. The highest BCUT2D eigenvalue weighted by molar-refractivity contribution is 7.80. The molecule has 0 saturated carbocycles. The summed E-state index contributed by atoms with van der Waals surface area (Å²) >= 11 is 4.20. The van der Waals surface area contributed by atoms with Gasteiger partial charge in [0.05, 0.1) is 7.11 Å². The first kappa shape index (κ1) is 15.4. The van der Waals surface area contributed by atoms with Crippen LogP contribution in [0.1, 0.15) is 44.7 Å². The van der Waals surface area contributed by atoms with E-state index in [1.807, 2.05) is 0 Å². The first-order chi connectivity index (χ1) is 8.42. The van der Waals surface area contributed by atoms with E-state index in [0.717, 1.165) is 12.3 Å². The molecule has 0 unspecified atom stereocenters. The summed E-state index contributed by atoms with van der Waals surface area (Å²) in [6.45, 7) is 9.76. The molecule has 0 bridgehead atoms. The number of hydrogen-bond acceptors (Lipinski definition) is 3. The summed E-state index contributed by atoms with van der Waals surface area (Å²) in [5.74, 6) is 2.18. The molecule has 0 aliphatic heterocycles. The SMILES string of the molecule is COc1ccc(C(C)C)cc1C(C)(C)CNCS. The van der Waals surface area contributed by atoms with Crippen molar-refractivity contribution in [3.63, 3.8) is 0 Å². The Morgan fingerprint density at radius 1 is 1.33 bits per heavy atom. The highest BCUT2D eigenvalue weighted by Gasteiger charge is 2.24. The van der Waals surface area contributed by atoms with E-state index in [-0.39, 0.29) is 5.41 Å². The molecule has 1 N–H and O–H groups in total. The number of benzene rings is 1. The fourth-order valence-corrected chi connectivity index (χ4v) is 2.19. The average molecular weight is 267 g/mol. The van der Waals surface area contributed by atoms with E-state index in [1.54, 1.807) is 7.11 Å². The fraction of sp³-hybridized carbons (Fsp3) is 0.600. The molecule has 3 heteroatoms. The maximum Gasteiger partial charge on any atom is 0.122 e. The second kappa shape index (κ2) is 6.48. The molecular weight excluding hydrogens is 242 g/mol. The monoisotopic (exact) mass is 267 g/mol. The van der Waals surface area contributed by atoms with Gasteiger partial charge in [-0.3, -0.25) is 0 Å². The lowest BCUT2D eigenvalue weighted by molar-refractivity contribution is 0.388. The molecule has 1 aromatic carbocycles. The van der Waals surface area contributed by atoms with E-state index in [4.69, 9.17) is 4.74 Å². The Morgan fingerprint density at radius 3 is 2.50 bits per heavy atom. The van der Waals surface area contributed by atoms with Crippen molar-refractivity contribution in [2.24, 2.45) is 0 Å². The topological polar surface area (TPSA) is 21.3 Å². The molecule has 0 spiro atoms. The average Bonchev–Trinajstić information content (AvgIpc) is 2.35. The highest BCUT2D eigenvalue weighted by atomic mass is 32.1. The number of ether oxygens (including phenoxy) is 1. The Balaban J connectivity index is 3.14. The summed E-state index contributed by atoms with van der Waals surface area (Å²) in [6.07, 6.45) is 0. The zero-order chi connectivity index (χ0) is 13.8. The Labute approximate surface area is 117 Å². The van der Waals surface area contributed by atoms with Crippen molar-refractivity contribution in [2.75, 3.05) is 19.5 Å². The van der Waals surface area contributed by atoms with Crippen molar-refractivity contribution in [1.29, 1.82) is 0 Å². The summed E-state index contributed by atoms with van der Waals surface area (Å²) < 4.78 is 5.50. The second-order valence-electron chi connectivity index (χ2n) is 5.58. The second-order valence-corrected chi connectivity index (χ2v) is 5.90. The van der Waals surface area contributed by atoms with E-state index in [9.17, 15) is 0 Å². The van der Waals surface area contributed by atoms with Gasteiger partial charge in [-0.2, -0.15) is 12.6 Å². The largest absolute Gasteiger partial charge is 0.496 e. The summed E-state index contributed by atoms with van der Waals surface area (Å²) in [4.78, 5) is 0. The quantitative estimate of drug-likeness (QED) is 0.607. The number of hydrogen-bond donors (Lipinski definition) is 2. The Kier molecular flexibility index (Phi) is 5.54. The van der Waals surface area contributed by atoms with Crippen molar-refractivity contribution in [3.05, 3.63) is 29.3 Å². The van der Waals surface area contributed by atoms with Crippen LogP contribution >= 0.6 is 12.6 Å². The predicted octanol–water partition coefficient (Wildman–Crippen LogP) is 3.57. The molecule has 0 radical (unpaired) electrons. The smallest absolute Gasteiger partial charge is 0.122 e. The van der Waals surface area contributed by atoms with Gasteiger partial charge in [0.15, 0.2) is 0 Å². The molecule has 0 atom stereocenters. The van der Waals surface area contributed by atoms with E-state index >= 15 is 0 Å². The Morgan fingerprint density at radius 2 is 2.00 bits per heavy atom. The molecule has 0 fully saturated rings. The van der Waals surface area contributed by atoms with Crippen molar-refractivity contribution in [1.82, 2.24) is 5.32 Å². The minimum atomic E-state index is 0.0268. The van der Waals surface area contributed by atoms with Crippen LogP contribution in [0.25, 0.3) is 0 Å². The number of thiol groups is 1. The number of nitrogens with one attached hydrogen (secondary N) is 1. The van der Waals surface area contributed by atoms with Gasteiger partial charge in [0.2, 0.25) is 0 Å². The highest BCUT2D eigenvalue weighted by Crippen LogP contribution is 2.33. The molecule has 0 heterocycles.